The second kappa shape index (κ2) is 10.6. The fraction of sp³-hybridized carbons (Fsp3) is 0.241. The monoisotopic (exact) mass is 482 g/mol. The number of para-hydroxylation sites is 1. The lowest BCUT2D eigenvalue weighted by atomic mass is 10.1. The number of ether oxygens (including phenoxy) is 2. The quantitative estimate of drug-likeness (QED) is 0.423. The topological polar surface area (TPSA) is 66.9 Å². The maximum atomic E-state index is 13.6. The number of benzene rings is 2. The predicted octanol–water partition coefficient (Wildman–Crippen LogP) is 6.06. The third-order valence-corrected chi connectivity index (χ3v) is 6.41. The average Bonchev–Trinajstić information content (AvgIpc) is 2.93. The summed E-state index contributed by atoms with van der Waals surface area (Å²) in [6, 6.07) is 19.3. The number of hydrogen-bond donors (Lipinski definition) is 1. The average molecular weight is 483 g/mol. The molecule has 1 aromatic heterocycles. The number of nitrogens with one attached hydrogen (secondary N) is 1. The van der Waals surface area contributed by atoms with E-state index in [2.05, 4.69) is 23.5 Å². The van der Waals surface area contributed by atoms with Crippen molar-refractivity contribution >= 4 is 23.2 Å². The molecule has 0 spiro atoms. The summed E-state index contributed by atoms with van der Waals surface area (Å²) in [4.78, 5) is 22.2. The molecule has 2 amide bonds. The smallest absolute Gasteiger partial charge is 0.329 e. The number of nitrogens with zero attached hydrogens (tertiary/aromatic N) is 3. The van der Waals surface area contributed by atoms with Gasteiger partial charge in [0.1, 0.15) is 17.3 Å². The Hall–Kier alpha value is -4.26. The van der Waals surface area contributed by atoms with E-state index < -0.39 is 0 Å². The Kier molecular flexibility index (Phi) is 6.89. The number of carbonyl (C=O) groups is 1. The third-order valence-electron chi connectivity index (χ3n) is 6.41. The summed E-state index contributed by atoms with van der Waals surface area (Å²) in [5, 5.41) is 3.41. The van der Waals surface area contributed by atoms with Crippen molar-refractivity contribution in [3.05, 3.63) is 95.7 Å². The van der Waals surface area contributed by atoms with E-state index in [0.717, 1.165) is 58.4 Å². The summed E-state index contributed by atoms with van der Waals surface area (Å²) in [5.74, 6) is 2.24. The Balaban J connectivity index is 1.42. The number of allylic oxidation sites excluding steroid dienone is 2. The molecule has 0 saturated carbocycles. The number of fused-ring (bicyclic) bond motifs is 1. The van der Waals surface area contributed by atoms with Crippen LogP contribution in [0.2, 0.25) is 0 Å². The van der Waals surface area contributed by atoms with Gasteiger partial charge in [0.15, 0.2) is 0 Å². The van der Waals surface area contributed by atoms with Crippen molar-refractivity contribution in [2.24, 2.45) is 0 Å². The number of hydrogen-bond acceptors (Lipinski definition) is 5. The Morgan fingerprint density at radius 1 is 1.00 bits per heavy atom. The van der Waals surface area contributed by atoms with Crippen LogP contribution < -0.4 is 19.7 Å². The fourth-order valence-corrected chi connectivity index (χ4v) is 4.54. The number of urea groups is 1. The first-order valence-corrected chi connectivity index (χ1v) is 12.1. The van der Waals surface area contributed by atoms with Crippen molar-refractivity contribution in [3.8, 4) is 11.5 Å². The molecule has 7 heteroatoms. The van der Waals surface area contributed by atoms with E-state index >= 15 is 0 Å². The number of rotatable bonds is 8. The van der Waals surface area contributed by atoms with Crippen LogP contribution >= 0.6 is 0 Å². The van der Waals surface area contributed by atoms with Crippen LogP contribution in [0.4, 0.5) is 22.0 Å². The minimum Gasteiger partial charge on any atom is -0.497 e. The number of pyridine rings is 1. The maximum Gasteiger partial charge on any atom is 0.329 e. The molecule has 7 nitrogen and oxygen atoms in total. The van der Waals surface area contributed by atoms with Gasteiger partial charge >= 0.3 is 6.03 Å². The van der Waals surface area contributed by atoms with Crippen LogP contribution in [-0.2, 0) is 13.1 Å². The molecule has 3 aromatic rings. The summed E-state index contributed by atoms with van der Waals surface area (Å²) in [6.07, 6.45) is 8.55. The Morgan fingerprint density at radius 2 is 1.86 bits per heavy atom. The first-order valence-electron chi connectivity index (χ1n) is 12.1. The standard InChI is InChI=1S/C29H30N4O3/c1-35-24-14-13-22(27(17-24)36-2)18-30-28-16-15-26-25(31-28)20-32(19-21-9-5-3-6-10-21)29(34)33(26)23-11-7-4-8-12-23/h4-5,7-17H,3,6,18-20H2,1-2H3,(H,30,31). The number of anilines is 3. The first-order chi connectivity index (χ1) is 17.7. The van der Waals surface area contributed by atoms with Crippen molar-refractivity contribution in [1.82, 2.24) is 9.88 Å². The van der Waals surface area contributed by atoms with Gasteiger partial charge in [-0.1, -0.05) is 36.4 Å². The van der Waals surface area contributed by atoms with Gasteiger partial charge in [-0.2, -0.15) is 0 Å². The molecule has 2 aliphatic rings. The van der Waals surface area contributed by atoms with Gasteiger partial charge in [0.05, 0.1) is 37.8 Å². The van der Waals surface area contributed by atoms with Crippen LogP contribution in [0.5, 0.6) is 11.5 Å². The molecular weight excluding hydrogens is 452 g/mol. The molecule has 184 valence electrons. The van der Waals surface area contributed by atoms with E-state index in [-0.39, 0.29) is 6.03 Å². The van der Waals surface area contributed by atoms with Crippen LogP contribution in [0.1, 0.15) is 24.1 Å². The lowest BCUT2D eigenvalue weighted by molar-refractivity contribution is 0.205. The van der Waals surface area contributed by atoms with Crippen LogP contribution in [-0.4, -0.2) is 36.7 Å². The van der Waals surface area contributed by atoms with Gasteiger partial charge in [0.2, 0.25) is 0 Å². The number of methoxy groups -OCH3 is 2. The van der Waals surface area contributed by atoms with Gasteiger partial charge in [-0.3, -0.25) is 4.90 Å². The largest absolute Gasteiger partial charge is 0.497 e. The van der Waals surface area contributed by atoms with E-state index in [4.69, 9.17) is 14.5 Å². The molecule has 2 aromatic carbocycles. The lowest BCUT2D eigenvalue weighted by Crippen LogP contribution is -2.45. The highest BCUT2D eigenvalue weighted by Gasteiger charge is 2.32. The van der Waals surface area contributed by atoms with Crippen LogP contribution in [0.25, 0.3) is 0 Å². The van der Waals surface area contributed by atoms with Crippen molar-refractivity contribution in [3.63, 3.8) is 0 Å². The molecule has 36 heavy (non-hydrogen) atoms. The normalized spacial score (nSPS) is 14.8. The van der Waals surface area contributed by atoms with Gasteiger partial charge in [-0.15, -0.1) is 0 Å². The van der Waals surface area contributed by atoms with Crippen LogP contribution in [0.3, 0.4) is 0 Å². The highest BCUT2D eigenvalue weighted by molar-refractivity contribution is 6.01. The summed E-state index contributed by atoms with van der Waals surface area (Å²) >= 11 is 0. The number of carbonyl (C=O) groups excluding carboxylic acids is 1. The molecule has 2 heterocycles. The van der Waals surface area contributed by atoms with Crippen LogP contribution in [0, 0.1) is 0 Å². The SMILES string of the molecule is COc1ccc(CNc2ccc3c(n2)CN(CC2=CCCC=C2)C(=O)N3c2ccccc2)c(OC)c1. The molecule has 1 aliphatic carbocycles. The second-order valence-electron chi connectivity index (χ2n) is 8.76. The van der Waals surface area contributed by atoms with Crippen molar-refractivity contribution in [2.45, 2.75) is 25.9 Å². The summed E-state index contributed by atoms with van der Waals surface area (Å²) in [6.45, 7) is 1.55. The zero-order valence-electron chi connectivity index (χ0n) is 20.6. The van der Waals surface area contributed by atoms with E-state index in [1.807, 2.05) is 65.6 Å². The first kappa shape index (κ1) is 23.5. The molecule has 0 unspecified atom stereocenters. The maximum absolute atomic E-state index is 13.6. The highest BCUT2D eigenvalue weighted by Crippen LogP contribution is 2.35. The van der Waals surface area contributed by atoms with Crippen LogP contribution in [0.15, 0.2) is 84.5 Å². The summed E-state index contributed by atoms with van der Waals surface area (Å²) in [5.41, 5.74) is 4.64. The second-order valence-corrected chi connectivity index (χ2v) is 8.76. The zero-order valence-corrected chi connectivity index (χ0v) is 20.6. The molecule has 5 rings (SSSR count). The van der Waals surface area contributed by atoms with Gasteiger partial charge in [-0.25, -0.2) is 9.78 Å². The Bertz CT molecular complexity index is 1300. The minimum absolute atomic E-state index is 0.0425. The highest BCUT2D eigenvalue weighted by atomic mass is 16.5. The van der Waals surface area contributed by atoms with E-state index in [9.17, 15) is 4.79 Å². The molecule has 0 atom stereocenters. The molecule has 0 bridgehead atoms. The van der Waals surface area contributed by atoms with E-state index in [0.29, 0.717) is 19.6 Å². The summed E-state index contributed by atoms with van der Waals surface area (Å²) < 4.78 is 10.8. The number of amides is 2. The molecule has 1 N–H and O–H groups in total. The van der Waals surface area contributed by atoms with Gasteiger partial charge in [0, 0.05) is 24.7 Å². The van der Waals surface area contributed by atoms with Crippen molar-refractivity contribution < 1.29 is 14.3 Å². The van der Waals surface area contributed by atoms with Gasteiger partial charge in [-0.05, 0) is 54.8 Å². The minimum atomic E-state index is -0.0425. The van der Waals surface area contributed by atoms with Gasteiger partial charge in [0.25, 0.3) is 0 Å². The molecule has 0 radical (unpaired) electrons. The predicted molar refractivity (Wildman–Crippen MR) is 142 cm³/mol. The van der Waals surface area contributed by atoms with Gasteiger partial charge < -0.3 is 19.7 Å². The molecular formula is C29H30N4O3. The van der Waals surface area contributed by atoms with E-state index in [1.165, 1.54) is 0 Å². The fourth-order valence-electron chi connectivity index (χ4n) is 4.54. The zero-order chi connectivity index (χ0) is 24.9. The third kappa shape index (κ3) is 4.91. The Labute approximate surface area is 211 Å². The van der Waals surface area contributed by atoms with E-state index in [1.54, 1.807) is 19.1 Å². The molecule has 0 fully saturated rings. The van der Waals surface area contributed by atoms with Crippen molar-refractivity contribution in [1.29, 1.82) is 0 Å². The van der Waals surface area contributed by atoms with Crippen molar-refractivity contribution in [2.75, 3.05) is 31.0 Å². The lowest BCUT2D eigenvalue weighted by Gasteiger charge is -2.37. The molecule has 0 saturated heterocycles. The Morgan fingerprint density at radius 3 is 2.61 bits per heavy atom. The number of aromatic nitrogens is 1. The summed E-state index contributed by atoms with van der Waals surface area (Å²) in [7, 11) is 3.29. The molecule has 1 aliphatic heterocycles.